The molecule has 2 aromatic carbocycles. The molecule has 0 aliphatic carbocycles. The summed E-state index contributed by atoms with van der Waals surface area (Å²) in [5.41, 5.74) is 1.63. The fraction of sp³-hybridized carbons (Fsp3) is 0.250. The molecule has 0 radical (unpaired) electrons. The first-order chi connectivity index (χ1) is 12.8. The van der Waals surface area contributed by atoms with Crippen LogP contribution < -0.4 is 0 Å². The fourth-order valence-electron chi connectivity index (χ4n) is 3.08. The molecule has 27 heavy (non-hydrogen) atoms. The molecule has 2 aromatic rings. The van der Waals surface area contributed by atoms with Gasteiger partial charge in [-0.05, 0) is 35.8 Å². The molecule has 0 bridgehead atoms. The summed E-state index contributed by atoms with van der Waals surface area (Å²) in [6, 6.07) is 14.2. The third-order valence-electron chi connectivity index (χ3n) is 4.50. The van der Waals surface area contributed by atoms with Crippen LogP contribution >= 0.6 is 23.2 Å². The Morgan fingerprint density at radius 3 is 2.52 bits per heavy atom. The van der Waals surface area contributed by atoms with Crippen molar-refractivity contribution in [2.75, 3.05) is 11.5 Å². The smallest absolute Gasteiger partial charge is 0.247 e. The van der Waals surface area contributed by atoms with Gasteiger partial charge in [0.25, 0.3) is 0 Å². The van der Waals surface area contributed by atoms with Gasteiger partial charge in [-0.1, -0.05) is 59.6 Å². The first-order valence-electron chi connectivity index (χ1n) is 8.52. The SMILES string of the molecule is O=C(/C=C/c1ccc(Cl)cc1Cl)N(Cc1ccccc1)[C@H]1CCS(=O)(=O)C1. The van der Waals surface area contributed by atoms with E-state index in [2.05, 4.69) is 0 Å². The highest BCUT2D eigenvalue weighted by molar-refractivity contribution is 7.91. The predicted octanol–water partition coefficient (Wildman–Crippen LogP) is 4.22. The number of hydrogen-bond donors (Lipinski definition) is 0. The molecule has 1 aliphatic rings. The molecule has 0 aromatic heterocycles. The number of halogens is 2. The lowest BCUT2D eigenvalue weighted by Gasteiger charge is -2.27. The second-order valence-electron chi connectivity index (χ2n) is 6.51. The van der Waals surface area contributed by atoms with Crippen LogP contribution in [-0.4, -0.2) is 36.8 Å². The molecule has 142 valence electrons. The molecule has 0 saturated carbocycles. The molecular formula is C20H19Cl2NO3S. The molecule has 1 amide bonds. The van der Waals surface area contributed by atoms with Crippen molar-refractivity contribution in [3.63, 3.8) is 0 Å². The predicted molar refractivity (Wildman–Crippen MR) is 110 cm³/mol. The summed E-state index contributed by atoms with van der Waals surface area (Å²) in [4.78, 5) is 14.5. The van der Waals surface area contributed by atoms with E-state index in [0.29, 0.717) is 28.6 Å². The molecule has 0 N–H and O–H groups in total. The number of rotatable bonds is 5. The first kappa shape index (κ1) is 19.9. The molecule has 3 rings (SSSR count). The molecule has 1 atom stereocenters. The molecule has 0 spiro atoms. The third-order valence-corrected chi connectivity index (χ3v) is 6.81. The van der Waals surface area contributed by atoms with Crippen LogP contribution in [0, 0.1) is 0 Å². The van der Waals surface area contributed by atoms with Crippen molar-refractivity contribution >= 4 is 45.0 Å². The number of carbonyl (C=O) groups excluding carboxylic acids is 1. The number of nitrogens with zero attached hydrogens (tertiary/aromatic N) is 1. The van der Waals surface area contributed by atoms with Gasteiger partial charge in [-0.25, -0.2) is 8.42 Å². The van der Waals surface area contributed by atoms with Gasteiger partial charge in [0.15, 0.2) is 9.84 Å². The molecule has 1 aliphatic heterocycles. The Kier molecular flexibility index (Phi) is 6.25. The summed E-state index contributed by atoms with van der Waals surface area (Å²) >= 11 is 12.0. The van der Waals surface area contributed by atoms with Crippen LogP contribution in [0.5, 0.6) is 0 Å². The average molecular weight is 424 g/mol. The summed E-state index contributed by atoms with van der Waals surface area (Å²) in [5.74, 6) is -0.128. The maximum atomic E-state index is 12.9. The van der Waals surface area contributed by atoms with Crippen molar-refractivity contribution in [2.24, 2.45) is 0 Å². The Morgan fingerprint density at radius 2 is 1.89 bits per heavy atom. The maximum Gasteiger partial charge on any atom is 0.247 e. The molecule has 1 fully saturated rings. The minimum atomic E-state index is -3.10. The lowest BCUT2D eigenvalue weighted by atomic mass is 10.1. The minimum Gasteiger partial charge on any atom is -0.331 e. The Hall–Kier alpha value is -1.82. The normalized spacial score (nSPS) is 18.7. The zero-order chi connectivity index (χ0) is 19.4. The van der Waals surface area contributed by atoms with Crippen LogP contribution in [0.4, 0.5) is 0 Å². The number of benzene rings is 2. The third kappa shape index (κ3) is 5.34. The number of carbonyl (C=O) groups is 1. The largest absolute Gasteiger partial charge is 0.331 e. The van der Waals surface area contributed by atoms with Gasteiger partial charge in [0.1, 0.15) is 0 Å². The Morgan fingerprint density at radius 1 is 1.15 bits per heavy atom. The number of amides is 1. The van der Waals surface area contributed by atoms with E-state index in [4.69, 9.17) is 23.2 Å². The van der Waals surface area contributed by atoms with Gasteiger partial charge in [0.2, 0.25) is 5.91 Å². The summed E-state index contributed by atoms with van der Waals surface area (Å²) in [6.45, 7) is 0.360. The van der Waals surface area contributed by atoms with E-state index < -0.39 is 9.84 Å². The Bertz CT molecular complexity index is 958. The summed E-state index contributed by atoms with van der Waals surface area (Å²) in [6.07, 6.45) is 3.52. The molecule has 0 unspecified atom stereocenters. The Labute approximate surface area is 169 Å². The Balaban J connectivity index is 1.82. The molecule has 7 heteroatoms. The van der Waals surface area contributed by atoms with Gasteiger partial charge >= 0.3 is 0 Å². The molecule has 1 saturated heterocycles. The van der Waals surface area contributed by atoms with Crippen molar-refractivity contribution in [3.05, 3.63) is 75.8 Å². The van der Waals surface area contributed by atoms with Gasteiger partial charge in [-0.15, -0.1) is 0 Å². The van der Waals surface area contributed by atoms with Crippen molar-refractivity contribution in [1.82, 2.24) is 4.90 Å². The van der Waals surface area contributed by atoms with Gasteiger partial charge < -0.3 is 4.90 Å². The van der Waals surface area contributed by atoms with Gasteiger partial charge in [-0.3, -0.25) is 4.79 Å². The van der Waals surface area contributed by atoms with Gasteiger partial charge in [0, 0.05) is 28.7 Å². The van der Waals surface area contributed by atoms with Crippen LogP contribution in [0.3, 0.4) is 0 Å². The number of hydrogen-bond acceptors (Lipinski definition) is 3. The second-order valence-corrected chi connectivity index (χ2v) is 9.58. The molecule has 4 nitrogen and oxygen atoms in total. The zero-order valence-electron chi connectivity index (χ0n) is 14.5. The lowest BCUT2D eigenvalue weighted by Crippen LogP contribution is -2.39. The van der Waals surface area contributed by atoms with Crippen LogP contribution in [-0.2, 0) is 21.2 Å². The quantitative estimate of drug-likeness (QED) is 0.676. The summed E-state index contributed by atoms with van der Waals surface area (Å²) in [7, 11) is -3.10. The van der Waals surface area contributed by atoms with Crippen LogP contribution in [0.15, 0.2) is 54.6 Å². The number of sulfone groups is 1. The summed E-state index contributed by atoms with van der Waals surface area (Å²) in [5, 5.41) is 0.968. The topological polar surface area (TPSA) is 54.5 Å². The molecular weight excluding hydrogens is 405 g/mol. The van der Waals surface area contributed by atoms with Gasteiger partial charge in [0.05, 0.1) is 11.5 Å². The van der Waals surface area contributed by atoms with Crippen molar-refractivity contribution in [1.29, 1.82) is 0 Å². The van der Waals surface area contributed by atoms with Crippen molar-refractivity contribution in [2.45, 2.75) is 19.0 Å². The maximum absolute atomic E-state index is 12.9. The van der Waals surface area contributed by atoms with E-state index in [9.17, 15) is 13.2 Å². The van der Waals surface area contributed by atoms with Crippen molar-refractivity contribution in [3.8, 4) is 0 Å². The highest BCUT2D eigenvalue weighted by atomic mass is 35.5. The standard InChI is InChI=1S/C20H19Cl2NO3S/c21-17-8-6-16(19(22)12-17)7-9-20(24)23(13-15-4-2-1-3-5-15)18-10-11-27(25,26)14-18/h1-9,12,18H,10-11,13-14H2/b9-7+/t18-/m0/s1. The first-order valence-corrected chi connectivity index (χ1v) is 11.1. The average Bonchev–Trinajstić information content (AvgIpc) is 2.99. The summed E-state index contributed by atoms with van der Waals surface area (Å²) < 4.78 is 23.8. The lowest BCUT2D eigenvalue weighted by molar-refractivity contribution is -0.128. The minimum absolute atomic E-state index is 0.00111. The zero-order valence-corrected chi connectivity index (χ0v) is 16.8. The van der Waals surface area contributed by atoms with Crippen LogP contribution in [0.2, 0.25) is 10.0 Å². The monoisotopic (exact) mass is 423 g/mol. The molecule has 1 heterocycles. The highest BCUT2D eigenvalue weighted by Gasteiger charge is 2.34. The fourth-order valence-corrected chi connectivity index (χ4v) is 5.28. The second kappa shape index (κ2) is 8.46. The van der Waals surface area contributed by atoms with E-state index in [1.807, 2.05) is 30.3 Å². The van der Waals surface area contributed by atoms with Crippen molar-refractivity contribution < 1.29 is 13.2 Å². The van der Waals surface area contributed by atoms with E-state index in [1.54, 1.807) is 29.2 Å². The van der Waals surface area contributed by atoms with E-state index >= 15 is 0 Å². The van der Waals surface area contributed by atoms with E-state index in [1.165, 1.54) is 6.08 Å². The van der Waals surface area contributed by atoms with Crippen LogP contribution in [0.25, 0.3) is 6.08 Å². The highest BCUT2D eigenvalue weighted by Crippen LogP contribution is 2.23. The van der Waals surface area contributed by atoms with E-state index in [-0.39, 0.29) is 23.5 Å². The van der Waals surface area contributed by atoms with Crippen LogP contribution in [0.1, 0.15) is 17.5 Å². The van der Waals surface area contributed by atoms with Gasteiger partial charge in [-0.2, -0.15) is 0 Å². The van der Waals surface area contributed by atoms with E-state index in [0.717, 1.165) is 5.56 Å².